The normalized spacial score (nSPS) is 12.4. The van der Waals surface area contributed by atoms with Crippen LogP contribution in [0.2, 0.25) is 0 Å². The summed E-state index contributed by atoms with van der Waals surface area (Å²) < 4.78 is 77.7. The van der Waals surface area contributed by atoms with Crippen LogP contribution in [0.15, 0.2) is 24.3 Å². The van der Waals surface area contributed by atoms with Crippen molar-refractivity contribution in [3.8, 4) is 0 Å². The summed E-state index contributed by atoms with van der Waals surface area (Å²) >= 11 is 0. The predicted octanol–water partition coefficient (Wildman–Crippen LogP) is -0.388. The van der Waals surface area contributed by atoms with E-state index in [1.54, 1.807) is 0 Å². The van der Waals surface area contributed by atoms with Crippen molar-refractivity contribution in [2.24, 2.45) is 0 Å². The van der Waals surface area contributed by atoms with Crippen molar-refractivity contribution in [2.45, 2.75) is 0 Å². The van der Waals surface area contributed by atoms with Crippen molar-refractivity contribution >= 4 is 48.7 Å². The topological polar surface area (TPSA) is 279 Å². The van der Waals surface area contributed by atoms with E-state index in [2.05, 4.69) is 10.3 Å². The highest BCUT2D eigenvalue weighted by Crippen LogP contribution is 2.35. The number of nitrogens with zero attached hydrogens (tertiary/aromatic N) is 5. The smallest absolute Gasteiger partial charge is 0.507 e. The zero-order chi connectivity index (χ0) is 30.4. The number of fused-ring (bicyclic) bond motifs is 1. The summed E-state index contributed by atoms with van der Waals surface area (Å²) in [4.78, 5) is 66.2. The summed E-state index contributed by atoms with van der Waals surface area (Å²) in [5.74, 6) is 0. The first-order valence-electron chi connectivity index (χ1n) is 8.29. The molecule has 0 fully saturated rings. The monoisotopic (exact) mass is 633 g/mol. The lowest BCUT2D eigenvalue weighted by Crippen LogP contribution is -2.39. The zero-order valence-corrected chi connectivity index (χ0v) is 22.5. The van der Waals surface area contributed by atoms with Crippen molar-refractivity contribution in [3.05, 3.63) is 24.3 Å². The van der Waals surface area contributed by atoms with E-state index in [1.165, 1.54) is 4.85 Å². The number of rotatable bonds is 1. The van der Waals surface area contributed by atoms with Crippen molar-refractivity contribution in [1.29, 1.82) is 0 Å². The SMILES string of the molecule is CN(C)C(On1nnc2ccccc21)=[N+](C)C.O=P(O)(O)F.O=P(O)(O)F.O=P(O)(O)F.O=P([O-])(O)F. The molecule has 1 aromatic heterocycles. The van der Waals surface area contributed by atoms with Crippen LogP contribution in [0.25, 0.3) is 11.0 Å². The molecule has 0 amide bonds. The van der Waals surface area contributed by atoms with Crippen molar-refractivity contribution < 1.29 is 83.6 Å². The van der Waals surface area contributed by atoms with Gasteiger partial charge in [-0.3, -0.25) is 38.8 Å². The summed E-state index contributed by atoms with van der Waals surface area (Å²) in [5.41, 5.74) is 1.65. The van der Waals surface area contributed by atoms with E-state index in [4.69, 9.17) is 62.2 Å². The van der Waals surface area contributed by atoms with Crippen LogP contribution < -0.4 is 9.73 Å². The lowest BCUT2D eigenvalue weighted by molar-refractivity contribution is -0.480. The fraction of sp³-hybridized carbons (Fsp3) is 0.364. The third-order valence-electron chi connectivity index (χ3n) is 2.25. The van der Waals surface area contributed by atoms with E-state index in [0.29, 0.717) is 6.02 Å². The van der Waals surface area contributed by atoms with Crippen LogP contribution in [0.3, 0.4) is 0 Å². The first kappa shape index (κ1) is 39.7. The van der Waals surface area contributed by atoms with Crippen LogP contribution in [-0.4, -0.2) is 93.1 Å². The Bertz CT molecular complexity index is 1060. The number of aromatic nitrogens is 3. The number of halogens is 4. The number of benzene rings is 1. The summed E-state index contributed by atoms with van der Waals surface area (Å²) in [6, 6.07) is 8.34. The fourth-order valence-electron chi connectivity index (χ4n) is 1.56. The van der Waals surface area contributed by atoms with Crippen LogP contribution in [0.1, 0.15) is 0 Å². The van der Waals surface area contributed by atoms with Crippen LogP contribution in [0.4, 0.5) is 16.8 Å². The number of para-hydroxylation sites is 1. The third-order valence-corrected chi connectivity index (χ3v) is 2.25. The third kappa shape index (κ3) is 38.9. The molecule has 2 aromatic rings. The van der Waals surface area contributed by atoms with Gasteiger partial charge in [0.1, 0.15) is 11.0 Å². The fourth-order valence-corrected chi connectivity index (χ4v) is 1.56. The van der Waals surface area contributed by atoms with Crippen LogP contribution in [0, 0.1) is 0 Å². The number of amidine groups is 1. The molecule has 1 unspecified atom stereocenters. The minimum absolute atomic E-state index is 0.681. The molecule has 0 aliphatic rings. The number of hydrogen-bond donors (Lipinski definition) is 7. The summed E-state index contributed by atoms with van der Waals surface area (Å²) in [6.45, 7) is 0. The number of hydrogen-bond acceptors (Lipinski definition) is 8. The first-order valence-corrected chi connectivity index (χ1v) is 14.3. The Kier molecular flexibility index (Phi) is 18.2. The van der Waals surface area contributed by atoms with Gasteiger partial charge in [0, 0.05) is 0 Å². The molecule has 0 aliphatic carbocycles. The molecule has 0 spiro atoms. The highest BCUT2D eigenvalue weighted by Gasteiger charge is 2.17. The second-order valence-corrected chi connectivity index (χ2v) is 9.72. The second-order valence-electron chi connectivity index (χ2n) is 5.98. The van der Waals surface area contributed by atoms with Gasteiger partial charge >= 0.3 is 37.6 Å². The summed E-state index contributed by atoms with van der Waals surface area (Å²) in [7, 11) is -13.2. The molecule has 18 nitrogen and oxygen atoms in total. The Hall–Kier alpha value is -1.79. The van der Waals surface area contributed by atoms with Gasteiger partial charge in [0.15, 0.2) is 0 Å². The average Bonchev–Trinajstić information content (AvgIpc) is 2.96. The minimum atomic E-state index is -5.39. The Labute approximate surface area is 205 Å². The van der Waals surface area contributed by atoms with Gasteiger partial charge in [-0.1, -0.05) is 17.0 Å². The maximum atomic E-state index is 10.4. The molecule has 37 heavy (non-hydrogen) atoms. The van der Waals surface area contributed by atoms with E-state index in [1.807, 2.05) is 61.9 Å². The van der Waals surface area contributed by atoms with Crippen LogP contribution in [0.5, 0.6) is 0 Å². The summed E-state index contributed by atoms with van der Waals surface area (Å²) in [5, 5.41) is 8.00. The molecule has 218 valence electrons. The van der Waals surface area contributed by atoms with E-state index < -0.39 is 31.6 Å². The molecule has 0 saturated carbocycles. The van der Waals surface area contributed by atoms with Gasteiger partial charge in [-0.25, -0.2) is 23.2 Å². The van der Waals surface area contributed by atoms with Crippen LogP contribution >= 0.6 is 31.6 Å². The first-order chi connectivity index (χ1) is 16.1. The van der Waals surface area contributed by atoms with Gasteiger partial charge in [-0.15, -0.1) is 17.7 Å². The quantitative estimate of drug-likeness (QED) is 0.0692. The molecule has 2 rings (SSSR count). The van der Waals surface area contributed by atoms with Gasteiger partial charge in [0.25, 0.3) is 0 Å². The van der Waals surface area contributed by atoms with Crippen molar-refractivity contribution in [1.82, 2.24) is 20.1 Å². The molecule has 0 bridgehead atoms. The Morgan fingerprint density at radius 3 is 1.51 bits per heavy atom. The molecular weight excluding hydrogens is 610 g/mol. The van der Waals surface area contributed by atoms with Gasteiger partial charge in [-0.2, -0.15) is 4.20 Å². The van der Waals surface area contributed by atoms with Gasteiger partial charge < -0.3 is 9.79 Å². The molecule has 0 saturated heterocycles. The molecule has 1 aromatic carbocycles. The van der Waals surface area contributed by atoms with Crippen molar-refractivity contribution in [2.75, 3.05) is 28.2 Å². The van der Waals surface area contributed by atoms with Crippen LogP contribution in [-0.2, 0) is 18.3 Å². The van der Waals surface area contributed by atoms with Crippen molar-refractivity contribution in [3.63, 3.8) is 0 Å². The molecule has 1 atom stereocenters. The maximum absolute atomic E-state index is 10.4. The van der Waals surface area contributed by atoms with Gasteiger partial charge in [0.05, 0.1) is 28.2 Å². The molecule has 7 N–H and O–H groups in total. The molecule has 0 aliphatic heterocycles. The Balaban J connectivity index is -0.000000476. The Morgan fingerprint density at radius 2 is 1.22 bits per heavy atom. The van der Waals surface area contributed by atoms with E-state index in [0.717, 1.165) is 11.0 Å². The lowest BCUT2D eigenvalue weighted by Gasteiger charge is -2.10. The summed E-state index contributed by atoms with van der Waals surface area (Å²) in [6.07, 6.45) is 0. The second kappa shape index (κ2) is 16.9. The Morgan fingerprint density at radius 1 is 0.892 bits per heavy atom. The molecule has 0 radical (unpaired) electrons. The highest BCUT2D eigenvalue weighted by molar-refractivity contribution is 7.46. The molecule has 26 heteroatoms. The molecular formula is C11H23F4N5O13P4. The highest BCUT2D eigenvalue weighted by atomic mass is 31.2. The maximum Gasteiger partial charge on any atom is 0.507 e. The average molecular weight is 633 g/mol. The van der Waals surface area contributed by atoms with Gasteiger partial charge in [-0.05, 0) is 17.3 Å². The minimum Gasteiger partial charge on any atom is -0.753 e. The largest absolute Gasteiger partial charge is 0.753 e. The van der Waals surface area contributed by atoms with E-state index in [-0.39, 0.29) is 0 Å². The van der Waals surface area contributed by atoms with E-state index in [9.17, 15) is 16.8 Å². The standard InChI is InChI=1S/C11H16N5O.4FH2O3P/c1-14(2)11(15(3)4)17-16-10-8-6-5-7-9(10)12-13-16;4*1-5(2,3)4/h5-8H,1-4H3;4*(H2,2,3,4)/q+1;;;;/p-1. The predicted molar refractivity (Wildman–Crippen MR) is 115 cm³/mol. The lowest BCUT2D eigenvalue weighted by atomic mass is 10.3. The van der Waals surface area contributed by atoms with Gasteiger partial charge in [0.2, 0.25) is 0 Å². The zero-order valence-electron chi connectivity index (χ0n) is 18.9. The van der Waals surface area contributed by atoms with E-state index >= 15 is 0 Å². The molecule has 1 heterocycles.